The summed E-state index contributed by atoms with van der Waals surface area (Å²) in [5, 5.41) is 3.47. The Bertz CT molecular complexity index is 748. The Morgan fingerprint density at radius 3 is 2.26 bits per heavy atom. The number of nitrogens with zero attached hydrogens (tertiary/aromatic N) is 1. The number of benzene rings is 2. The maximum atomic E-state index is 12.8. The lowest BCUT2D eigenvalue weighted by Gasteiger charge is -2.29. The molecule has 0 aliphatic carbocycles. The largest absolute Gasteiger partial charge is 0.484 e. The molecule has 0 aliphatic heterocycles. The number of nitrogens with one attached hydrogen (secondary N) is 1. The summed E-state index contributed by atoms with van der Waals surface area (Å²) >= 11 is 5.93. The standard InChI is InChI=1S/C21H25ClN2O3/c1-15(2)23-21(26)16(3)24(13-17-9-11-18(22)12-10-17)20(25)14-27-19-7-5-4-6-8-19/h4-12,15-16H,13-14H2,1-3H3,(H,23,26)/t16-/m0/s1. The normalized spacial score (nSPS) is 11.7. The third kappa shape index (κ3) is 6.61. The number of rotatable bonds is 8. The Labute approximate surface area is 165 Å². The molecular formula is C21H25ClN2O3. The van der Waals surface area contributed by atoms with E-state index in [1.54, 1.807) is 31.2 Å². The first kappa shape index (κ1) is 20.8. The SMILES string of the molecule is CC(C)NC(=O)[C@H](C)N(Cc1ccc(Cl)cc1)C(=O)COc1ccccc1. The van der Waals surface area contributed by atoms with Crippen LogP contribution in [0.25, 0.3) is 0 Å². The Morgan fingerprint density at radius 2 is 1.67 bits per heavy atom. The van der Waals surface area contributed by atoms with Crippen LogP contribution in [0.2, 0.25) is 5.02 Å². The average Bonchev–Trinajstić information content (AvgIpc) is 2.65. The van der Waals surface area contributed by atoms with Crippen LogP contribution in [-0.2, 0) is 16.1 Å². The number of halogens is 1. The minimum atomic E-state index is -0.630. The first-order valence-electron chi connectivity index (χ1n) is 8.89. The Hall–Kier alpha value is -2.53. The van der Waals surface area contributed by atoms with Crippen molar-refractivity contribution >= 4 is 23.4 Å². The van der Waals surface area contributed by atoms with E-state index in [9.17, 15) is 9.59 Å². The smallest absolute Gasteiger partial charge is 0.261 e. The highest BCUT2D eigenvalue weighted by Gasteiger charge is 2.26. The lowest BCUT2D eigenvalue weighted by Crippen LogP contribution is -2.50. The van der Waals surface area contributed by atoms with Crippen LogP contribution in [0, 0.1) is 0 Å². The fourth-order valence-corrected chi connectivity index (χ4v) is 2.64. The van der Waals surface area contributed by atoms with Crippen molar-refractivity contribution in [2.75, 3.05) is 6.61 Å². The van der Waals surface area contributed by atoms with E-state index < -0.39 is 6.04 Å². The fraction of sp³-hybridized carbons (Fsp3) is 0.333. The molecule has 0 radical (unpaired) electrons. The van der Waals surface area contributed by atoms with Crippen LogP contribution in [0.5, 0.6) is 5.75 Å². The van der Waals surface area contributed by atoms with Crippen LogP contribution in [0.4, 0.5) is 0 Å². The van der Waals surface area contributed by atoms with Crippen molar-refractivity contribution < 1.29 is 14.3 Å². The Balaban J connectivity index is 2.12. The summed E-state index contributed by atoms with van der Waals surface area (Å²) in [6, 6.07) is 15.7. The van der Waals surface area contributed by atoms with Crippen molar-refractivity contribution in [2.45, 2.75) is 39.4 Å². The van der Waals surface area contributed by atoms with Gasteiger partial charge in [0, 0.05) is 17.6 Å². The minimum Gasteiger partial charge on any atom is -0.484 e. The van der Waals surface area contributed by atoms with Crippen LogP contribution < -0.4 is 10.1 Å². The number of hydrogen-bond donors (Lipinski definition) is 1. The molecule has 1 atom stereocenters. The van der Waals surface area contributed by atoms with Gasteiger partial charge in [0.05, 0.1) is 0 Å². The topological polar surface area (TPSA) is 58.6 Å². The van der Waals surface area contributed by atoms with Crippen LogP contribution in [0.1, 0.15) is 26.3 Å². The number of hydrogen-bond acceptors (Lipinski definition) is 3. The highest BCUT2D eigenvalue weighted by atomic mass is 35.5. The molecule has 0 fully saturated rings. The number of amides is 2. The van der Waals surface area contributed by atoms with Crippen LogP contribution >= 0.6 is 11.6 Å². The van der Waals surface area contributed by atoms with E-state index in [4.69, 9.17) is 16.3 Å². The van der Waals surface area contributed by atoms with E-state index in [1.165, 1.54) is 4.90 Å². The fourth-order valence-electron chi connectivity index (χ4n) is 2.52. The van der Waals surface area contributed by atoms with Gasteiger partial charge >= 0.3 is 0 Å². The molecule has 144 valence electrons. The van der Waals surface area contributed by atoms with Gasteiger partial charge in [0.15, 0.2) is 6.61 Å². The van der Waals surface area contributed by atoms with Crippen LogP contribution in [-0.4, -0.2) is 35.4 Å². The van der Waals surface area contributed by atoms with Crippen molar-refractivity contribution in [3.8, 4) is 5.75 Å². The van der Waals surface area contributed by atoms with Gasteiger partial charge in [-0.1, -0.05) is 41.9 Å². The van der Waals surface area contributed by atoms with Gasteiger partial charge in [0.1, 0.15) is 11.8 Å². The van der Waals surface area contributed by atoms with Crippen LogP contribution in [0.3, 0.4) is 0 Å². The summed E-state index contributed by atoms with van der Waals surface area (Å²) in [6.45, 7) is 5.63. The van der Waals surface area contributed by atoms with Gasteiger partial charge in [0.2, 0.25) is 5.91 Å². The second kappa shape index (κ2) is 9.97. The molecule has 6 heteroatoms. The van der Waals surface area contributed by atoms with Gasteiger partial charge in [-0.3, -0.25) is 9.59 Å². The second-order valence-corrected chi connectivity index (χ2v) is 7.03. The summed E-state index contributed by atoms with van der Waals surface area (Å²) in [6.07, 6.45) is 0. The molecule has 5 nitrogen and oxygen atoms in total. The molecule has 0 saturated heterocycles. The monoisotopic (exact) mass is 388 g/mol. The number of carbonyl (C=O) groups excluding carboxylic acids is 2. The molecule has 0 spiro atoms. The molecule has 0 saturated carbocycles. The van der Waals surface area contributed by atoms with Crippen molar-refractivity contribution in [3.63, 3.8) is 0 Å². The van der Waals surface area contributed by atoms with Gasteiger partial charge < -0.3 is 15.0 Å². The third-order valence-corrected chi connectivity index (χ3v) is 4.22. The average molecular weight is 389 g/mol. The predicted molar refractivity (Wildman–Crippen MR) is 107 cm³/mol. The minimum absolute atomic E-state index is 0.00648. The first-order chi connectivity index (χ1) is 12.9. The maximum Gasteiger partial charge on any atom is 0.261 e. The molecule has 1 N–H and O–H groups in total. The molecule has 0 heterocycles. The molecule has 0 bridgehead atoms. The lowest BCUT2D eigenvalue weighted by molar-refractivity contribution is -0.142. The maximum absolute atomic E-state index is 12.8. The van der Waals surface area contributed by atoms with E-state index in [2.05, 4.69) is 5.32 Å². The summed E-state index contributed by atoms with van der Waals surface area (Å²) in [5.41, 5.74) is 0.886. The van der Waals surface area contributed by atoms with Gasteiger partial charge in [-0.2, -0.15) is 0 Å². The van der Waals surface area contributed by atoms with E-state index >= 15 is 0 Å². The van der Waals surface area contributed by atoms with Crippen molar-refractivity contribution in [2.24, 2.45) is 0 Å². The molecule has 2 aromatic rings. The summed E-state index contributed by atoms with van der Waals surface area (Å²) < 4.78 is 5.57. The number of para-hydroxylation sites is 1. The van der Waals surface area contributed by atoms with Gasteiger partial charge in [-0.15, -0.1) is 0 Å². The summed E-state index contributed by atoms with van der Waals surface area (Å²) in [7, 11) is 0. The summed E-state index contributed by atoms with van der Waals surface area (Å²) in [5.74, 6) is 0.142. The van der Waals surface area contributed by atoms with Crippen molar-refractivity contribution in [1.82, 2.24) is 10.2 Å². The quantitative estimate of drug-likeness (QED) is 0.750. The Morgan fingerprint density at radius 1 is 1.04 bits per heavy atom. The molecule has 2 amide bonds. The van der Waals surface area contributed by atoms with E-state index in [0.29, 0.717) is 17.3 Å². The van der Waals surface area contributed by atoms with Crippen LogP contribution in [0.15, 0.2) is 54.6 Å². The van der Waals surface area contributed by atoms with Crippen molar-refractivity contribution in [3.05, 3.63) is 65.2 Å². The molecule has 2 aromatic carbocycles. The lowest BCUT2D eigenvalue weighted by atomic mass is 10.1. The molecule has 27 heavy (non-hydrogen) atoms. The highest BCUT2D eigenvalue weighted by Crippen LogP contribution is 2.15. The van der Waals surface area contributed by atoms with Crippen molar-refractivity contribution in [1.29, 1.82) is 0 Å². The molecule has 0 aromatic heterocycles. The zero-order valence-electron chi connectivity index (χ0n) is 15.8. The first-order valence-corrected chi connectivity index (χ1v) is 9.26. The summed E-state index contributed by atoms with van der Waals surface area (Å²) in [4.78, 5) is 26.8. The molecule has 0 aliphatic rings. The van der Waals surface area contributed by atoms with Gasteiger partial charge in [0.25, 0.3) is 5.91 Å². The van der Waals surface area contributed by atoms with E-state index in [0.717, 1.165) is 5.56 Å². The zero-order chi connectivity index (χ0) is 19.8. The number of ether oxygens (including phenoxy) is 1. The molecule has 0 unspecified atom stereocenters. The molecule has 2 rings (SSSR count). The van der Waals surface area contributed by atoms with E-state index in [1.807, 2.05) is 44.2 Å². The predicted octanol–water partition coefficient (Wildman–Crippen LogP) is 3.66. The van der Waals surface area contributed by atoms with Gasteiger partial charge in [-0.25, -0.2) is 0 Å². The van der Waals surface area contributed by atoms with E-state index in [-0.39, 0.29) is 24.5 Å². The zero-order valence-corrected chi connectivity index (χ0v) is 16.6. The highest BCUT2D eigenvalue weighted by molar-refractivity contribution is 6.30. The third-order valence-electron chi connectivity index (χ3n) is 3.97. The van der Waals surface area contributed by atoms with Gasteiger partial charge in [-0.05, 0) is 50.6 Å². The number of carbonyl (C=O) groups is 2. The molecular weight excluding hydrogens is 364 g/mol. The second-order valence-electron chi connectivity index (χ2n) is 6.59. The Kier molecular flexibility index (Phi) is 7.67.